The molecule has 1 fully saturated rings. The van der Waals surface area contributed by atoms with E-state index in [0.717, 1.165) is 6.54 Å². The van der Waals surface area contributed by atoms with Crippen LogP contribution in [0.1, 0.15) is 19.5 Å². The van der Waals surface area contributed by atoms with Crippen LogP contribution in [0.5, 0.6) is 0 Å². The first-order valence-electron chi connectivity index (χ1n) is 5.84. The van der Waals surface area contributed by atoms with Gasteiger partial charge in [0.15, 0.2) is 0 Å². The molecule has 3 nitrogen and oxygen atoms in total. The highest BCUT2D eigenvalue weighted by molar-refractivity contribution is 5.03. The Labute approximate surface area is 92.1 Å². The fraction of sp³-hybridized carbons (Fsp3) is 0.667. The van der Waals surface area contributed by atoms with Gasteiger partial charge >= 0.3 is 0 Å². The normalized spacial score (nSPS) is 19.9. The molecule has 1 aliphatic rings. The Morgan fingerprint density at radius 2 is 2.00 bits per heavy atom. The maximum atomic E-state index is 3.26. The van der Waals surface area contributed by atoms with Gasteiger partial charge in [0.2, 0.25) is 0 Å². The second kappa shape index (κ2) is 4.81. The van der Waals surface area contributed by atoms with E-state index in [1.54, 1.807) is 0 Å². The number of nitrogens with zero attached hydrogens (tertiary/aromatic N) is 2. The summed E-state index contributed by atoms with van der Waals surface area (Å²) in [5, 5.41) is 0. The van der Waals surface area contributed by atoms with Crippen molar-refractivity contribution in [1.29, 1.82) is 0 Å². The van der Waals surface area contributed by atoms with E-state index in [1.165, 1.54) is 31.9 Å². The van der Waals surface area contributed by atoms with Crippen molar-refractivity contribution in [1.82, 2.24) is 14.8 Å². The van der Waals surface area contributed by atoms with E-state index in [0.29, 0.717) is 6.04 Å². The Balaban J connectivity index is 1.79. The molecule has 2 rings (SSSR count). The number of piperazine rings is 1. The highest BCUT2D eigenvalue weighted by atomic mass is 15.3. The molecule has 3 heteroatoms. The van der Waals surface area contributed by atoms with Crippen molar-refractivity contribution < 1.29 is 0 Å². The van der Waals surface area contributed by atoms with Crippen molar-refractivity contribution in [2.75, 3.05) is 26.2 Å². The molecule has 0 radical (unpaired) electrons. The van der Waals surface area contributed by atoms with Crippen LogP contribution < -0.4 is 0 Å². The van der Waals surface area contributed by atoms with Gasteiger partial charge in [-0.3, -0.25) is 9.80 Å². The molecule has 0 amide bonds. The zero-order valence-corrected chi connectivity index (χ0v) is 9.74. The molecule has 0 unspecified atom stereocenters. The first kappa shape index (κ1) is 10.7. The molecule has 1 aromatic rings. The van der Waals surface area contributed by atoms with Crippen molar-refractivity contribution in [2.45, 2.75) is 26.4 Å². The van der Waals surface area contributed by atoms with Crippen LogP contribution in [-0.4, -0.2) is 47.0 Å². The predicted molar refractivity (Wildman–Crippen MR) is 62.8 cm³/mol. The minimum absolute atomic E-state index is 0.692. The van der Waals surface area contributed by atoms with Gasteiger partial charge in [-0.2, -0.15) is 0 Å². The van der Waals surface area contributed by atoms with Crippen LogP contribution in [-0.2, 0) is 6.54 Å². The number of hydrogen-bond donors (Lipinski definition) is 1. The first-order valence-corrected chi connectivity index (χ1v) is 5.84. The molecule has 2 heterocycles. The molecule has 0 bridgehead atoms. The molecule has 1 saturated heterocycles. The minimum Gasteiger partial charge on any atom is -0.364 e. The fourth-order valence-electron chi connectivity index (χ4n) is 2.14. The zero-order chi connectivity index (χ0) is 10.7. The molecule has 0 atom stereocenters. The Morgan fingerprint density at radius 3 is 2.53 bits per heavy atom. The van der Waals surface area contributed by atoms with E-state index < -0.39 is 0 Å². The molecule has 1 aliphatic heterocycles. The molecular formula is C12H21N3. The van der Waals surface area contributed by atoms with Gasteiger partial charge in [0, 0.05) is 50.7 Å². The monoisotopic (exact) mass is 207 g/mol. The summed E-state index contributed by atoms with van der Waals surface area (Å²) in [6.07, 6.45) is 2.00. The largest absolute Gasteiger partial charge is 0.364 e. The molecule has 84 valence electrons. The van der Waals surface area contributed by atoms with Crippen LogP contribution in [0.15, 0.2) is 18.3 Å². The molecule has 0 spiro atoms. The number of H-pyrrole nitrogens is 1. The number of nitrogens with one attached hydrogen (secondary N) is 1. The van der Waals surface area contributed by atoms with Crippen LogP contribution in [0.3, 0.4) is 0 Å². The van der Waals surface area contributed by atoms with E-state index in [4.69, 9.17) is 0 Å². The number of aromatic nitrogens is 1. The fourth-order valence-corrected chi connectivity index (χ4v) is 2.14. The highest BCUT2D eigenvalue weighted by Crippen LogP contribution is 2.08. The van der Waals surface area contributed by atoms with Gasteiger partial charge in [0.25, 0.3) is 0 Å². The molecule has 1 N–H and O–H groups in total. The van der Waals surface area contributed by atoms with Crippen molar-refractivity contribution in [3.05, 3.63) is 24.0 Å². The quantitative estimate of drug-likeness (QED) is 0.812. The summed E-state index contributed by atoms with van der Waals surface area (Å²) < 4.78 is 0. The molecule has 0 aliphatic carbocycles. The lowest BCUT2D eigenvalue weighted by molar-refractivity contribution is 0.103. The lowest BCUT2D eigenvalue weighted by Gasteiger charge is -2.36. The highest BCUT2D eigenvalue weighted by Gasteiger charge is 2.18. The van der Waals surface area contributed by atoms with E-state index >= 15 is 0 Å². The van der Waals surface area contributed by atoms with Crippen molar-refractivity contribution in [2.24, 2.45) is 0 Å². The van der Waals surface area contributed by atoms with Crippen LogP contribution in [0, 0.1) is 0 Å². The maximum absolute atomic E-state index is 3.26. The number of aromatic amines is 1. The van der Waals surface area contributed by atoms with Crippen LogP contribution in [0.25, 0.3) is 0 Å². The van der Waals surface area contributed by atoms with Crippen LogP contribution >= 0.6 is 0 Å². The topological polar surface area (TPSA) is 22.3 Å². The van der Waals surface area contributed by atoms with Gasteiger partial charge in [0.05, 0.1) is 0 Å². The van der Waals surface area contributed by atoms with Crippen LogP contribution in [0.4, 0.5) is 0 Å². The molecule has 1 aromatic heterocycles. The van der Waals surface area contributed by atoms with Crippen molar-refractivity contribution in [3.63, 3.8) is 0 Å². The second-order valence-corrected chi connectivity index (χ2v) is 4.60. The average molecular weight is 207 g/mol. The third kappa shape index (κ3) is 2.83. The van der Waals surface area contributed by atoms with Gasteiger partial charge in [-0.05, 0) is 26.0 Å². The summed E-state index contributed by atoms with van der Waals surface area (Å²) in [7, 11) is 0. The SMILES string of the molecule is CC(C)N1CCN(Cc2ccc[nH]2)CC1. The third-order valence-corrected chi connectivity index (χ3v) is 3.19. The lowest BCUT2D eigenvalue weighted by Crippen LogP contribution is -2.48. The van der Waals surface area contributed by atoms with Gasteiger partial charge in [-0.1, -0.05) is 0 Å². The summed E-state index contributed by atoms with van der Waals surface area (Å²) in [6.45, 7) is 10.4. The molecular weight excluding hydrogens is 186 g/mol. The second-order valence-electron chi connectivity index (χ2n) is 4.60. The molecule has 0 aromatic carbocycles. The van der Waals surface area contributed by atoms with Gasteiger partial charge in [-0.25, -0.2) is 0 Å². The summed E-state index contributed by atoms with van der Waals surface area (Å²) >= 11 is 0. The maximum Gasteiger partial charge on any atom is 0.0386 e. The zero-order valence-electron chi connectivity index (χ0n) is 9.74. The van der Waals surface area contributed by atoms with Gasteiger partial charge in [0.1, 0.15) is 0 Å². The standard InChI is InChI=1S/C12H21N3/c1-11(2)15-8-6-14(7-9-15)10-12-4-3-5-13-12/h3-5,11,13H,6-10H2,1-2H3. The summed E-state index contributed by atoms with van der Waals surface area (Å²) in [5.41, 5.74) is 1.33. The van der Waals surface area contributed by atoms with E-state index in [1.807, 2.05) is 6.20 Å². The number of rotatable bonds is 3. The summed E-state index contributed by atoms with van der Waals surface area (Å²) in [4.78, 5) is 8.33. The lowest BCUT2D eigenvalue weighted by atomic mass is 10.2. The van der Waals surface area contributed by atoms with Crippen LogP contribution in [0.2, 0.25) is 0 Å². The van der Waals surface area contributed by atoms with E-state index in [2.05, 4.69) is 40.8 Å². The van der Waals surface area contributed by atoms with Gasteiger partial charge < -0.3 is 4.98 Å². The van der Waals surface area contributed by atoms with E-state index in [9.17, 15) is 0 Å². The Bertz CT molecular complexity index is 271. The average Bonchev–Trinajstić information content (AvgIpc) is 2.71. The Morgan fingerprint density at radius 1 is 1.27 bits per heavy atom. The Hall–Kier alpha value is -0.800. The Kier molecular flexibility index (Phi) is 3.44. The first-order chi connectivity index (χ1) is 7.25. The summed E-state index contributed by atoms with van der Waals surface area (Å²) in [5.74, 6) is 0. The minimum atomic E-state index is 0.692. The molecule has 0 saturated carbocycles. The summed E-state index contributed by atoms with van der Waals surface area (Å²) in [6, 6.07) is 4.92. The van der Waals surface area contributed by atoms with Crippen molar-refractivity contribution in [3.8, 4) is 0 Å². The number of hydrogen-bond acceptors (Lipinski definition) is 2. The van der Waals surface area contributed by atoms with E-state index in [-0.39, 0.29) is 0 Å². The predicted octanol–water partition coefficient (Wildman–Crippen LogP) is 1.54. The third-order valence-electron chi connectivity index (χ3n) is 3.19. The smallest absolute Gasteiger partial charge is 0.0386 e. The van der Waals surface area contributed by atoms with Gasteiger partial charge in [-0.15, -0.1) is 0 Å². The van der Waals surface area contributed by atoms with Crippen molar-refractivity contribution >= 4 is 0 Å². The molecule has 15 heavy (non-hydrogen) atoms.